The van der Waals surface area contributed by atoms with Gasteiger partial charge in [-0.3, -0.25) is 9.59 Å². The molecule has 15 heteroatoms. The summed E-state index contributed by atoms with van der Waals surface area (Å²) in [6.45, 7) is 8.48. The number of hydrogen-bond acceptors (Lipinski definition) is 6. The number of fused-ring (bicyclic) bond motifs is 2. The highest BCUT2D eigenvalue weighted by Crippen LogP contribution is 2.28. The maximum absolute atomic E-state index is 14.8. The first kappa shape index (κ1) is 43.7. The predicted molar refractivity (Wildman–Crippen MR) is 214 cm³/mol. The van der Waals surface area contributed by atoms with Gasteiger partial charge in [-0.1, -0.05) is 35.9 Å². The van der Waals surface area contributed by atoms with Crippen molar-refractivity contribution in [2.75, 3.05) is 19.0 Å². The van der Waals surface area contributed by atoms with E-state index in [1.165, 1.54) is 42.7 Å². The third-order valence-electron chi connectivity index (χ3n) is 8.79. The van der Waals surface area contributed by atoms with Crippen LogP contribution in [0.2, 0.25) is 5.02 Å². The monoisotopic (exact) mass is 808 g/mol. The molecule has 0 fully saturated rings. The fourth-order valence-electron chi connectivity index (χ4n) is 5.91. The molecule has 0 aliphatic rings. The zero-order chi connectivity index (χ0) is 42.3. The minimum atomic E-state index is -1.35. The first-order valence-electron chi connectivity index (χ1n) is 17.6. The molecule has 0 radical (unpaired) electrons. The van der Waals surface area contributed by atoms with E-state index in [1.54, 1.807) is 51.4 Å². The molecule has 6 rings (SSSR count). The lowest BCUT2D eigenvalue weighted by atomic mass is 10.1. The third-order valence-corrected chi connectivity index (χ3v) is 9.08. The Balaban J connectivity index is 0.000000213. The molecule has 4 aromatic carbocycles. The van der Waals surface area contributed by atoms with Crippen molar-refractivity contribution in [1.29, 1.82) is 0 Å². The molecular formula is C42H41ClF4N4O6. The smallest absolute Gasteiger partial charge is 0.341 e. The van der Waals surface area contributed by atoms with Crippen LogP contribution in [0.15, 0.2) is 94.8 Å². The molecule has 0 bridgehead atoms. The van der Waals surface area contributed by atoms with Crippen molar-refractivity contribution in [1.82, 2.24) is 14.5 Å². The van der Waals surface area contributed by atoms with Gasteiger partial charge in [0.25, 0.3) is 0 Å². The zero-order valence-electron chi connectivity index (χ0n) is 31.9. The van der Waals surface area contributed by atoms with Gasteiger partial charge in [0.05, 0.1) is 21.7 Å². The highest BCUT2D eigenvalue weighted by Gasteiger charge is 2.20. The number of aromatic carboxylic acids is 2. The second-order valence-electron chi connectivity index (χ2n) is 13.6. The summed E-state index contributed by atoms with van der Waals surface area (Å²) in [7, 11) is 3.56. The number of nitrogens with one attached hydrogen (secondary N) is 1. The first-order chi connectivity index (χ1) is 26.8. The van der Waals surface area contributed by atoms with Crippen LogP contribution in [0.5, 0.6) is 0 Å². The SMILES string of the molecule is CC(C)n1cc(C(=O)O)c(=O)c2cc(F)c(Cl)cc21.CC(C)n1cc(C(=O)O)c(=O)c2cc(F)c(N(C)Cc3ccc(F)cc3)cc21.CNCc1ccc(F)cc1. The Morgan fingerprint density at radius 2 is 1.12 bits per heavy atom. The number of carboxylic acids is 2. The second kappa shape index (κ2) is 18.8. The Labute approximate surface area is 330 Å². The third kappa shape index (κ3) is 10.5. The number of aromatic nitrogens is 2. The summed E-state index contributed by atoms with van der Waals surface area (Å²) in [6, 6.07) is 17.1. The molecule has 3 N–H and O–H groups in total. The van der Waals surface area contributed by atoms with E-state index in [1.807, 2.05) is 34.7 Å². The standard InChI is InChI=1S/C21H20F2N2O3.C13H11ClFNO3.C8H10FN/c1-12(2)25-11-16(21(27)28)20(26)15-8-17(23)19(9-18(15)25)24(3)10-13-4-6-14(22)7-5-13;1-6(2)16-5-8(13(18)19)12(17)7-3-10(15)9(14)4-11(7)16;1-10-6-7-2-4-8(9)5-3-7/h4-9,11-12H,10H2,1-3H3,(H,27,28);3-6H,1-2H3,(H,18,19);2-5,10H,6H2,1H3. The molecular weight excluding hydrogens is 768 g/mol. The largest absolute Gasteiger partial charge is 0.477 e. The minimum absolute atomic E-state index is 0.00972. The van der Waals surface area contributed by atoms with Gasteiger partial charge in [0, 0.05) is 55.4 Å². The predicted octanol–water partition coefficient (Wildman–Crippen LogP) is 8.81. The Hall–Kier alpha value is -5.99. The lowest BCUT2D eigenvalue weighted by Gasteiger charge is -2.23. The highest BCUT2D eigenvalue weighted by molar-refractivity contribution is 6.31. The van der Waals surface area contributed by atoms with Crippen LogP contribution in [0.3, 0.4) is 0 Å². The molecule has 300 valence electrons. The van der Waals surface area contributed by atoms with Crippen LogP contribution in [0, 0.1) is 23.3 Å². The number of carboxylic acid groups (broad SMARTS) is 2. The molecule has 0 atom stereocenters. The fraction of sp³-hybridized carbons (Fsp3) is 0.238. The van der Waals surface area contributed by atoms with Gasteiger partial charge in [0.15, 0.2) is 0 Å². The molecule has 0 unspecified atom stereocenters. The van der Waals surface area contributed by atoms with Gasteiger partial charge >= 0.3 is 11.9 Å². The number of rotatable bonds is 9. The summed E-state index contributed by atoms with van der Waals surface area (Å²) < 4.78 is 56.9. The maximum atomic E-state index is 14.8. The summed E-state index contributed by atoms with van der Waals surface area (Å²) in [4.78, 5) is 48.6. The zero-order valence-corrected chi connectivity index (χ0v) is 32.7. The van der Waals surface area contributed by atoms with Crippen molar-refractivity contribution in [3.8, 4) is 0 Å². The average Bonchev–Trinajstić information content (AvgIpc) is 3.14. The van der Waals surface area contributed by atoms with Gasteiger partial charge in [-0.25, -0.2) is 27.2 Å². The lowest BCUT2D eigenvalue weighted by Crippen LogP contribution is -2.22. The Morgan fingerprint density at radius 3 is 1.54 bits per heavy atom. The van der Waals surface area contributed by atoms with Gasteiger partial charge in [-0.05, 0) is 94.4 Å². The van der Waals surface area contributed by atoms with Gasteiger partial charge in [0.2, 0.25) is 10.9 Å². The molecule has 2 heterocycles. The quantitative estimate of drug-likeness (QED) is 0.124. The second-order valence-corrected chi connectivity index (χ2v) is 14.0. The van der Waals surface area contributed by atoms with Crippen LogP contribution in [0.1, 0.15) is 71.6 Å². The molecule has 0 saturated heterocycles. The van der Waals surface area contributed by atoms with Crippen molar-refractivity contribution in [3.05, 3.63) is 156 Å². The minimum Gasteiger partial charge on any atom is -0.477 e. The molecule has 2 aromatic heterocycles. The number of benzene rings is 4. The van der Waals surface area contributed by atoms with E-state index in [2.05, 4.69) is 5.32 Å². The summed E-state index contributed by atoms with van der Waals surface area (Å²) in [5.74, 6) is -4.59. The van der Waals surface area contributed by atoms with Crippen LogP contribution in [0.25, 0.3) is 21.8 Å². The van der Waals surface area contributed by atoms with Crippen molar-refractivity contribution >= 4 is 51.0 Å². The maximum Gasteiger partial charge on any atom is 0.341 e. The summed E-state index contributed by atoms with van der Waals surface area (Å²) in [5.41, 5.74) is 0.809. The van der Waals surface area contributed by atoms with Gasteiger partial charge in [-0.2, -0.15) is 0 Å². The van der Waals surface area contributed by atoms with E-state index in [0.29, 0.717) is 17.6 Å². The number of nitrogens with zero attached hydrogens (tertiary/aromatic N) is 3. The Morgan fingerprint density at radius 1 is 0.702 bits per heavy atom. The van der Waals surface area contributed by atoms with Crippen LogP contribution < -0.4 is 21.1 Å². The normalized spacial score (nSPS) is 11.0. The molecule has 57 heavy (non-hydrogen) atoms. The van der Waals surface area contributed by atoms with E-state index in [-0.39, 0.29) is 50.8 Å². The number of anilines is 1. The van der Waals surface area contributed by atoms with Crippen molar-refractivity contribution < 1.29 is 37.4 Å². The fourth-order valence-corrected chi connectivity index (χ4v) is 6.07. The summed E-state index contributed by atoms with van der Waals surface area (Å²) in [6.07, 6.45) is 2.55. The van der Waals surface area contributed by atoms with Crippen LogP contribution in [-0.2, 0) is 13.1 Å². The van der Waals surface area contributed by atoms with Crippen molar-refractivity contribution in [3.63, 3.8) is 0 Å². The van der Waals surface area contributed by atoms with E-state index < -0.39 is 40.0 Å². The van der Waals surface area contributed by atoms with E-state index in [4.69, 9.17) is 16.7 Å². The molecule has 0 amide bonds. The van der Waals surface area contributed by atoms with E-state index in [9.17, 15) is 41.8 Å². The number of hydrogen-bond donors (Lipinski definition) is 3. The topological polar surface area (TPSA) is 134 Å². The van der Waals surface area contributed by atoms with Gasteiger partial charge in [-0.15, -0.1) is 0 Å². The molecule has 0 aliphatic carbocycles. The van der Waals surface area contributed by atoms with Crippen LogP contribution >= 0.6 is 11.6 Å². The molecule has 10 nitrogen and oxygen atoms in total. The molecule has 0 spiro atoms. The van der Waals surface area contributed by atoms with E-state index in [0.717, 1.165) is 29.8 Å². The number of carbonyl (C=O) groups is 2. The molecule has 0 aliphatic heterocycles. The summed E-state index contributed by atoms with van der Waals surface area (Å²) in [5, 5.41) is 21.2. The lowest BCUT2D eigenvalue weighted by molar-refractivity contribution is 0.0684. The van der Waals surface area contributed by atoms with E-state index >= 15 is 0 Å². The highest BCUT2D eigenvalue weighted by atomic mass is 35.5. The van der Waals surface area contributed by atoms with Crippen LogP contribution in [0.4, 0.5) is 23.2 Å². The Bertz CT molecular complexity index is 2540. The van der Waals surface area contributed by atoms with Crippen LogP contribution in [-0.4, -0.2) is 45.4 Å². The van der Waals surface area contributed by atoms with Gasteiger partial charge in [0.1, 0.15) is 34.4 Å². The first-order valence-corrected chi connectivity index (χ1v) is 18.0. The number of halogens is 5. The van der Waals surface area contributed by atoms with Gasteiger partial charge < -0.3 is 29.6 Å². The molecule has 6 aromatic rings. The summed E-state index contributed by atoms with van der Waals surface area (Å²) >= 11 is 5.71. The molecule has 0 saturated carbocycles. The average molecular weight is 809 g/mol. The number of pyridine rings is 2. The van der Waals surface area contributed by atoms with Crippen molar-refractivity contribution in [2.45, 2.75) is 52.9 Å². The van der Waals surface area contributed by atoms with Crippen molar-refractivity contribution in [2.24, 2.45) is 0 Å². The Kier molecular flexibility index (Phi) is 14.4.